The number of hydrogen-bond acceptors (Lipinski definition) is 4. The summed E-state index contributed by atoms with van der Waals surface area (Å²) >= 11 is 6.14. The molecular formula is C18H22ClN3O3. The Morgan fingerprint density at radius 1 is 1.44 bits per heavy atom. The van der Waals surface area contributed by atoms with E-state index in [2.05, 4.69) is 5.10 Å². The van der Waals surface area contributed by atoms with Gasteiger partial charge in [0.2, 0.25) is 0 Å². The van der Waals surface area contributed by atoms with Gasteiger partial charge >= 0.3 is 0 Å². The second-order valence-electron chi connectivity index (χ2n) is 6.05. The smallest absolute Gasteiger partial charge is 0.276 e. The van der Waals surface area contributed by atoms with E-state index in [0.29, 0.717) is 24.7 Å². The zero-order chi connectivity index (χ0) is 17.6. The molecule has 1 aliphatic heterocycles. The predicted octanol–water partition coefficient (Wildman–Crippen LogP) is 2.77. The SMILES string of the molecule is Cn1cc(Cl)c(C(=O)N(CCOc2ccccc2)CC2CCCO2)n1. The molecule has 1 aromatic heterocycles. The van der Waals surface area contributed by atoms with Gasteiger partial charge in [-0.1, -0.05) is 29.8 Å². The van der Waals surface area contributed by atoms with Crippen LogP contribution >= 0.6 is 11.6 Å². The molecule has 1 saturated heterocycles. The summed E-state index contributed by atoms with van der Waals surface area (Å²) < 4.78 is 12.9. The molecule has 7 heteroatoms. The normalized spacial score (nSPS) is 16.8. The summed E-state index contributed by atoms with van der Waals surface area (Å²) in [5, 5.41) is 4.54. The third kappa shape index (κ3) is 4.74. The number of para-hydroxylation sites is 1. The van der Waals surface area contributed by atoms with Crippen molar-refractivity contribution in [2.24, 2.45) is 7.05 Å². The van der Waals surface area contributed by atoms with Gasteiger partial charge in [-0.25, -0.2) is 0 Å². The average molecular weight is 364 g/mol. The van der Waals surface area contributed by atoms with E-state index in [1.54, 1.807) is 22.8 Å². The third-order valence-electron chi connectivity index (χ3n) is 4.10. The molecule has 0 N–H and O–H groups in total. The minimum atomic E-state index is -0.197. The summed E-state index contributed by atoms with van der Waals surface area (Å²) in [7, 11) is 1.74. The summed E-state index contributed by atoms with van der Waals surface area (Å²) in [5.41, 5.74) is 0.266. The number of amides is 1. The van der Waals surface area contributed by atoms with Crippen LogP contribution in [0.15, 0.2) is 36.5 Å². The quantitative estimate of drug-likeness (QED) is 0.759. The molecule has 6 nitrogen and oxygen atoms in total. The largest absolute Gasteiger partial charge is 0.492 e. The van der Waals surface area contributed by atoms with Crippen molar-refractivity contribution in [3.63, 3.8) is 0 Å². The van der Waals surface area contributed by atoms with Gasteiger partial charge in [-0.05, 0) is 25.0 Å². The first-order valence-electron chi connectivity index (χ1n) is 8.41. The predicted molar refractivity (Wildman–Crippen MR) is 95.0 cm³/mol. The van der Waals surface area contributed by atoms with Gasteiger partial charge in [-0.3, -0.25) is 9.48 Å². The van der Waals surface area contributed by atoms with Gasteiger partial charge in [-0.15, -0.1) is 0 Å². The molecule has 134 valence electrons. The number of halogens is 1. The van der Waals surface area contributed by atoms with Gasteiger partial charge in [0.1, 0.15) is 12.4 Å². The fourth-order valence-corrected chi connectivity index (χ4v) is 3.11. The number of hydrogen-bond donors (Lipinski definition) is 0. The minimum Gasteiger partial charge on any atom is -0.492 e. The van der Waals surface area contributed by atoms with Crippen LogP contribution in [0.25, 0.3) is 0 Å². The van der Waals surface area contributed by atoms with E-state index in [-0.39, 0.29) is 17.7 Å². The van der Waals surface area contributed by atoms with Crippen LogP contribution < -0.4 is 4.74 Å². The topological polar surface area (TPSA) is 56.6 Å². The molecule has 0 bridgehead atoms. The molecule has 0 radical (unpaired) electrons. The Balaban J connectivity index is 1.65. The number of nitrogens with zero attached hydrogens (tertiary/aromatic N) is 3. The molecule has 0 saturated carbocycles. The van der Waals surface area contributed by atoms with Crippen LogP contribution in [0.2, 0.25) is 5.02 Å². The lowest BCUT2D eigenvalue weighted by Crippen LogP contribution is -2.40. The van der Waals surface area contributed by atoms with Crippen molar-refractivity contribution >= 4 is 17.5 Å². The lowest BCUT2D eigenvalue weighted by atomic mass is 10.2. The van der Waals surface area contributed by atoms with Crippen LogP contribution in [0.3, 0.4) is 0 Å². The Hall–Kier alpha value is -2.05. The van der Waals surface area contributed by atoms with Crippen molar-refractivity contribution in [1.29, 1.82) is 0 Å². The van der Waals surface area contributed by atoms with E-state index in [9.17, 15) is 4.79 Å². The Morgan fingerprint density at radius 3 is 2.88 bits per heavy atom. The lowest BCUT2D eigenvalue weighted by Gasteiger charge is -2.25. The zero-order valence-electron chi connectivity index (χ0n) is 14.2. The highest BCUT2D eigenvalue weighted by molar-refractivity contribution is 6.33. The molecule has 2 heterocycles. The van der Waals surface area contributed by atoms with Crippen molar-refractivity contribution in [3.8, 4) is 5.75 Å². The Labute approximate surface area is 152 Å². The van der Waals surface area contributed by atoms with E-state index in [0.717, 1.165) is 25.2 Å². The van der Waals surface area contributed by atoms with E-state index >= 15 is 0 Å². The summed E-state index contributed by atoms with van der Waals surface area (Å²) in [4.78, 5) is 14.6. The number of benzene rings is 1. The second-order valence-corrected chi connectivity index (χ2v) is 6.45. The number of carbonyl (C=O) groups is 1. The molecule has 1 atom stereocenters. The van der Waals surface area contributed by atoms with Crippen molar-refractivity contribution in [1.82, 2.24) is 14.7 Å². The second kappa shape index (κ2) is 8.36. The number of aromatic nitrogens is 2. The van der Waals surface area contributed by atoms with Gasteiger partial charge in [0.15, 0.2) is 5.69 Å². The Kier molecular flexibility index (Phi) is 5.94. The molecule has 1 unspecified atom stereocenters. The van der Waals surface area contributed by atoms with Crippen LogP contribution in [0.1, 0.15) is 23.3 Å². The highest BCUT2D eigenvalue weighted by Gasteiger charge is 2.26. The maximum atomic E-state index is 12.9. The Morgan fingerprint density at radius 2 is 2.24 bits per heavy atom. The molecule has 25 heavy (non-hydrogen) atoms. The number of carbonyl (C=O) groups excluding carboxylic acids is 1. The van der Waals surface area contributed by atoms with Gasteiger partial charge < -0.3 is 14.4 Å². The summed E-state index contributed by atoms with van der Waals surface area (Å²) in [6, 6.07) is 9.55. The zero-order valence-corrected chi connectivity index (χ0v) is 15.0. The molecule has 3 rings (SSSR count). The van der Waals surface area contributed by atoms with Gasteiger partial charge in [-0.2, -0.15) is 5.10 Å². The number of ether oxygens (including phenoxy) is 2. The molecule has 1 aromatic carbocycles. The van der Waals surface area contributed by atoms with Crippen molar-refractivity contribution in [3.05, 3.63) is 47.2 Å². The Bertz CT molecular complexity index is 699. The maximum absolute atomic E-state index is 12.9. The van der Waals surface area contributed by atoms with E-state index in [1.165, 1.54) is 0 Å². The third-order valence-corrected chi connectivity index (χ3v) is 4.37. The van der Waals surface area contributed by atoms with Crippen LogP contribution in [0, 0.1) is 0 Å². The van der Waals surface area contributed by atoms with E-state index < -0.39 is 0 Å². The first kappa shape index (κ1) is 17.8. The van der Waals surface area contributed by atoms with Gasteiger partial charge in [0.05, 0.1) is 17.7 Å². The van der Waals surface area contributed by atoms with Crippen molar-refractivity contribution in [2.45, 2.75) is 18.9 Å². The summed E-state index contributed by atoms with van der Waals surface area (Å²) in [6.45, 7) is 2.11. The van der Waals surface area contributed by atoms with Crippen molar-refractivity contribution < 1.29 is 14.3 Å². The molecule has 2 aromatic rings. The monoisotopic (exact) mass is 363 g/mol. The first-order valence-corrected chi connectivity index (χ1v) is 8.79. The summed E-state index contributed by atoms with van der Waals surface area (Å²) in [5.74, 6) is 0.584. The molecule has 0 aliphatic carbocycles. The molecule has 1 aliphatic rings. The van der Waals surface area contributed by atoms with Crippen LogP contribution in [0.4, 0.5) is 0 Å². The van der Waals surface area contributed by atoms with Crippen LogP contribution in [0.5, 0.6) is 5.75 Å². The highest BCUT2D eigenvalue weighted by atomic mass is 35.5. The fourth-order valence-electron chi connectivity index (χ4n) is 2.85. The van der Waals surface area contributed by atoms with Gasteiger partial charge in [0.25, 0.3) is 5.91 Å². The van der Waals surface area contributed by atoms with Gasteiger partial charge in [0, 0.05) is 26.4 Å². The average Bonchev–Trinajstić information content (AvgIpc) is 3.23. The van der Waals surface area contributed by atoms with E-state index in [4.69, 9.17) is 21.1 Å². The molecule has 1 fully saturated rings. The van der Waals surface area contributed by atoms with Crippen LogP contribution in [-0.2, 0) is 11.8 Å². The fraction of sp³-hybridized carbons (Fsp3) is 0.444. The molecular weight excluding hydrogens is 342 g/mol. The van der Waals surface area contributed by atoms with Crippen LogP contribution in [-0.4, -0.2) is 53.0 Å². The van der Waals surface area contributed by atoms with Crippen molar-refractivity contribution in [2.75, 3.05) is 26.3 Å². The standard InChI is InChI=1S/C18H22ClN3O3/c1-21-13-16(19)17(20-21)18(23)22(12-15-8-5-10-24-15)9-11-25-14-6-3-2-4-7-14/h2-4,6-7,13,15H,5,8-12H2,1H3. The highest BCUT2D eigenvalue weighted by Crippen LogP contribution is 2.19. The molecule has 1 amide bonds. The minimum absolute atomic E-state index is 0.0585. The first-order chi connectivity index (χ1) is 12.1. The lowest BCUT2D eigenvalue weighted by molar-refractivity contribution is 0.0489. The number of aryl methyl sites for hydroxylation is 1. The van der Waals surface area contributed by atoms with E-state index in [1.807, 2.05) is 30.3 Å². The maximum Gasteiger partial charge on any atom is 0.276 e. The number of rotatable bonds is 7. The summed E-state index contributed by atoms with van der Waals surface area (Å²) in [6.07, 6.45) is 3.67. The molecule has 0 spiro atoms.